The second-order valence-corrected chi connectivity index (χ2v) is 3.19. The lowest BCUT2D eigenvalue weighted by atomic mass is 10.1. The average molecular weight is 210 g/mol. The van der Waals surface area contributed by atoms with Gasteiger partial charge in [-0.15, -0.1) is 0 Å². The molecule has 2 atom stereocenters. The van der Waals surface area contributed by atoms with Crippen molar-refractivity contribution in [1.82, 2.24) is 0 Å². The maximum atomic E-state index is 11.3. The molecule has 0 saturated carbocycles. The van der Waals surface area contributed by atoms with Gasteiger partial charge in [-0.3, -0.25) is 9.59 Å². The molecule has 2 unspecified atom stereocenters. The van der Waals surface area contributed by atoms with Crippen molar-refractivity contribution in [3.8, 4) is 0 Å². The van der Waals surface area contributed by atoms with Crippen molar-refractivity contribution in [2.45, 2.75) is 12.2 Å². The molecule has 0 amide bonds. The van der Waals surface area contributed by atoms with Gasteiger partial charge in [0.15, 0.2) is 0 Å². The van der Waals surface area contributed by atoms with Crippen LogP contribution in [0.2, 0.25) is 0 Å². The smallest absolute Gasteiger partial charge is 0.202 e. The van der Waals surface area contributed by atoms with Gasteiger partial charge in [0.05, 0.1) is 12.5 Å². The third-order valence-electron chi connectivity index (χ3n) is 2.08. The zero-order valence-electron chi connectivity index (χ0n) is 7.92. The Labute approximate surface area is 86.3 Å². The molecule has 0 aromatic carbocycles. The van der Waals surface area contributed by atoms with Crippen LogP contribution in [0.15, 0.2) is 24.7 Å². The number of hydrogen-bond donors (Lipinski definition) is 0. The van der Waals surface area contributed by atoms with E-state index in [2.05, 4.69) is 0 Å². The lowest BCUT2D eigenvalue weighted by Crippen LogP contribution is -2.37. The highest BCUT2D eigenvalue weighted by molar-refractivity contribution is 5.89. The van der Waals surface area contributed by atoms with Crippen LogP contribution in [0.25, 0.3) is 0 Å². The molecule has 0 saturated heterocycles. The summed E-state index contributed by atoms with van der Waals surface area (Å²) in [4.78, 5) is 22.6. The molecule has 0 spiro atoms. The maximum Gasteiger partial charge on any atom is 0.202 e. The first-order valence-electron chi connectivity index (χ1n) is 4.55. The minimum atomic E-state index is -0.699. The molecular formula is C10H10O5. The van der Waals surface area contributed by atoms with E-state index in [9.17, 15) is 9.59 Å². The lowest BCUT2D eigenvalue weighted by molar-refractivity contribution is -0.142. The molecule has 0 radical (unpaired) electrons. The summed E-state index contributed by atoms with van der Waals surface area (Å²) in [5, 5.41) is 0. The SMILES string of the molecule is O=C1COC=CC1OC1C=COCC1=O. The third-order valence-corrected chi connectivity index (χ3v) is 2.08. The molecule has 5 nitrogen and oxygen atoms in total. The van der Waals surface area contributed by atoms with Crippen molar-refractivity contribution in [2.24, 2.45) is 0 Å². The quantitative estimate of drug-likeness (QED) is 0.640. The topological polar surface area (TPSA) is 61.8 Å². The van der Waals surface area contributed by atoms with Crippen molar-refractivity contribution in [3.05, 3.63) is 24.7 Å². The summed E-state index contributed by atoms with van der Waals surface area (Å²) in [6, 6.07) is 0. The number of Topliss-reactive ketones (excluding diaryl/α,β-unsaturated/α-hetero) is 2. The first-order valence-corrected chi connectivity index (χ1v) is 4.55. The number of ether oxygens (including phenoxy) is 3. The van der Waals surface area contributed by atoms with Gasteiger partial charge < -0.3 is 14.2 Å². The van der Waals surface area contributed by atoms with E-state index in [1.54, 1.807) is 0 Å². The number of carbonyl (C=O) groups excluding carboxylic acids is 2. The van der Waals surface area contributed by atoms with Crippen molar-refractivity contribution in [1.29, 1.82) is 0 Å². The van der Waals surface area contributed by atoms with Crippen molar-refractivity contribution >= 4 is 11.6 Å². The number of ketones is 2. The van der Waals surface area contributed by atoms with E-state index in [0.717, 1.165) is 0 Å². The summed E-state index contributed by atoms with van der Waals surface area (Å²) in [6.07, 6.45) is 4.38. The molecule has 2 heterocycles. The van der Waals surface area contributed by atoms with Gasteiger partial charge in [0.25, 0.3) is 0 Å². The monoisotopic (exact) mass is 210 g/mol. The van der Waals surface area contributed by atoms with Crippen LogP contribution in [0, 0.1) is 0 Å². The maximum absolute atomic E-state index is 11.3. The van der Waals surface area contributed by atoms with Gasteiger partial charge in [0, 0.05) is 0 Å². The van der Waals surface area contributed by atoms with Crippen LogP contribution >= 0.6 is 0 Å². The first kappa shape index (κ1) is 9.92. The van der Waals surface area contributed by atoms with Crippen LogP contribution in [0.1, 0.15) is 0 Å². The second-order valence-electron chi connectivity index (χ2n) is 3.19. The Morgan fingerprint density at radius 3 is 1.87 bits per heavy atom. The second kappa shape index (κ2) is 4.27. The molecule has 2 aliphatic heterocycles. The number of rotatable bonds is 2. The lowest BCUT2D eigenvalue weighted by Gasteiger charge is -2.22. The van der Waals surface area contributed by atoms with E-state index in [1.807, 2.05) is 0 Å². The molecule has 80 valence electrons. The Hall–Kier alpha value is -1.62. The van der Waals surface area contributed by atoms with Gasteiger partial charge in [-0.1, -0.05) is 0 Å². The minimum Gasteiger partial charge on any atom is -0.494 e. The molecule has 0 aromatic heterocycles. The fourth-order valence-corrected chi connectivity index (χ4v) is 1.29. The highest BCUT2D eigenvalue weighted by Crippen LogP contribution is 2.11. The van der Waals surface area contributed by atoms with Crippen molar-refractivity contribution < 1.29 is 23.8 Å². The van der Waals surface area contributed by atoms with Crippen molar-refractivity contribution in [2.75, 3.05) is 13.2 Å². The Kier molecular flexibility index (Phi) is 2.82. The molecule has 5 heteroatoms. The van der Waals surface area contributed by atoms with Crippen LogP contribution in [-0.4, -0.2) is 37.0 Å². The number of hydrogen-bond acceptors (Lipinski definition) is 5. The van der Waals surface area contributed by atoms with Crippen LogP contribution in [0.4, 0.5) is 0 Å². The van der Waals surface area contributed by atoms with Gasteiger partial charge in [-0.05, 0) is 12.2 Å². The fraction of sp³-hybridized carbons (Fsp3) is 0.400. The average Bonchev–Trinajstić information content (AvgIpc) is 2.24. The summed E-state index contributed by atoms with van der Waals surface area (Å²) in [5.41, 5.74) is 0. The van der Waals surface area contributed by atoms with Gasteiger partial charge >= 0.3 is 0 Å². The molecule has 0 aromatic rings. The first-order chi connectivity index (χ1) is 7.27. The molecule has 0 bridgehead atoms. The fourth-order valence-electron chi connectivity index (χ4n) is 1.29. The number of carbonyl (C=O) groups is 2. The molecule has 0 N–H and O–H groups in total. The van der Waals surface area contributed by atoms with E-state index in [1.165, 1.54) is 24.7 Å². The summed E-state index contributed by atoms with van der Waals surface area (Å²) < 4.78 is 14.9. The van der Waals surface area contributed by atoms with E-state index >= 15 is 0 Å². The highest BCUT2D eigenvalue weighted by Gasteiger charge is 2.27. The van der Waals surface area contributed by atoms with Gasteiger partial charge in [0.2, 0.25) is 11.6 Å². The normalized spacial score (nSPS) is 29.9. The molecule has 2 aliphatic rings. The molecule has 0 fully saturated rings. The van der Waals surface area contributed by atoms with Crippen LogP contribution in [0.5, 0.6) is 0 Å². The molecular weight excluding hydrogens is 200 g/mol. The standard InChI is InChI=1S/C10H10O5/c11-7-5-13-3-1-9(7)15-10-2-4-14-6-8(10)12/h1-4,9-10H,5-6H2. The minimum absolute atomic E-state index is 0.0116. The molecule has 2 rings (SSSR count). The Bertz CT molecular complexity index is 299. The Morgan fingerprint density at radius 2 is 1.47 bits per heavy atom. The Balaban J connectivity index is 2.01. The van der Waals surface area contributed by atoms with Crippen LogP contribution in [0.3, 0.4) is 0 Å². The third kappa shape index (κ3) is 2.24. The molecule has 0 aliphatic carbocycles. The summed E-state index contributed by atoms with van der Waals surface area (Å²) in [6.45, 7) is -0.0232. The largest absolute Gasteiger partial charge is 0.494 e. The van der Waals surface area contributed by atoms with Crippen LogP contribution in [-0.2, 0) is 23.8 Å². The summed E-state index contributed by atoms with van der Waals surface area (Å²) in [5.74, 6) is -0.379. The van der Waals surface area contributed by atoms with Crippen molar-refractivity contribution in [3.63, 3.8) is 0 Å². The van der Waals surface area contributed by atoms with Gasteiger partial charge in [-0.25, -0.2) is 0 Å². The summed E-state index contributed by atoms with van der Waals surface area (Å²) in [7, 11) is 0. The van der Waals surface area contributed by atoms with E-state index in [4.69, 9.17) is 14.2 Å². The van der Waals surface area contributed by atoms with Gasteiger partial charge in [0.1, 0.15) is 25.4 Å². The Morgan fingerprint density at radius 1 is 1.00 bits per heavy atom. The van der Waals surface area contributed by atoms with E-state index in [-0.39, 0.29) is 24.8 Å². The van der Waals surface area contributed by atoms with E-state index < -0.39 is 12.2 Å². The predicted octanol–water partition coefficient (Wildman–Crippen LogP) is -0.0338. The van der Waals surface area contributed by atoms with Gasteiger partial charge in [-0.2, -0.15) is 0 Å². The van der Waals surface area contributed by atoms with E-state index in [0.29, 0.717) is 0 Å². The summed E-state index contributed by atoms with van der Waals surface area (Å²) >= 11 is 0. The predicted molar refractivity (Wildman–Crippen MR) is 48.9 cm³/mol. The zero-order valence-corrected chi connectivity index (χ0v) is 7.92. The van der Waals surface area contributed by atoms with Crippen LogP contribution < -0.4 is 0 Å². The highest BCUT2D eigenvalue weighted by atomic mass is 16.5. The zero-order chi connectivity index (χ0) is 10.7. The molecule has 15 heavy (non-hydrogen) atoms.